The molecule has 0 heterocycles. The molecule has 152 valence electrons. The highest BCUT2D eigenvalue weighted by molar-refractivity contribution is 7.92. The standard InChI is InChI=1S/C19H23ClFN3O3S/c1-3-24(4-2)12-11-22-19(25)14-5-10-17(20)18(13-14)23-28(26,27)16-8-6-15(21)7-9-16/h5-10,13,23H,3-4,11-12H2,1-2H3,(H,22,25). The second kappa shape index (κ2) is 9.86. The van der Waals surface area contributed by atoms with Crippen molar-refractivity contribution in [2.45, 2.75) is 18.7 Å². The van der Waals surface area contributed by atoms with Crippen molar-refractivity contribution in [3.05, 3.63) is 58.9 Å². The molecule has 0 fully saturated rings. The molecule has 0 spiro atoms. The molecule has 0 saturated carbocycles. The summed E-state index contributed by atoms with van der Waals surface area (Å²) < 4.78 is 40.3. The Bertz CT molecular complexity index is 917. The van der Waals surface area contributed by atoms with Crippen LogP contribution in [0.1, 0.15) is 24.2 Å². The van der Waals surface area contributed by atoms with E-state index in [1.165, 1.54) is 18.2 Å². The van der Waals surface area contributed by atoms with Gasteiger partial charge in [-0.25, -0.2) is 12.8 Å². The molecule has 0 aliphatic carbocycles. The minimum absolute atomic E-state index is 0.0717. The van der Waals surface area contributed by atoms with E-state index in [1.807, 2.05) is 13.8 Å². The number of rotatable bonds is 9. The van der Waals surface area contributed by atoms with E-state index in [0.717, 1.165) is 43.9 Å². The van der Waals surface area contributed by atoms with Gasteiger partial charge in [-0.15, -0.1) is 0 Å². The Morgan fingerprint density at radius 3 is 2.36 bits per heavy atom. The van der Waals surface area contributed by atoms with Gasteiger partial charge in [0, 0.05) is 18.7 Å². The number of benzene rings is 2. The van der Waals surface area contributed by atoms with E-state index in [2.05, 4.69) is 14.9 Å². The number of carbonyl (C=O) groups excluding carboxylic acids is 1. The topological polar surface area (TPSA) is 78.5 Å². The lowest BCUT2D eigenvalue weighted by Gasteiger charge is -2.18. The van der Waals surface area contributed by atoms with Crippen LogP contribution in [0.4, 0.5) is 10.1 Å². The third-order valence-corrected chi connectivity index (χ3v) is 5.92. The number of amides is 1. The van der Waals surface area contributed by atoms with E-state index < -0.39 is 15.8 Å². The Morgan fingerprint density at radius 1 is 1.11 bits per heavy atom. The van der Waals surface area contributed by atoms with E-state index in [0.29, 0.717) is 6.54 Å². The van der Waals surface area contributed by atoms with Gasteiger partial charge in [0.25, 0.3) is 15.9 Å². The van der Waals surface area contributed by atoms with Gasteiger partial charge in [0.15, 0.2) is 0 Å². The summed E-state index contributed by atoms with van der Waals surface area (Å²) in [5.41, 5.74) is 0.350. The maximum Gasteiger partial charge on any atom is 0.261 e. The summed E-state index contributed by atoms with van der Waals surface area (Å²) in [4.78, 5) is 14.4. The number of likely N-dealkylation sites (N-methyl/N-ethyl adjacent to an activating group) is 1. The Balaban J connectivity index is 2.12. The van der Waals surface area contributed by atoms with Crippen LogP contribution in [0.25, 0.3) is 0 Å². The quantitative estimate of drug-likeness (QED) is 0.643. The van der Waals surface area contributed by atoms with Crippen LogP contribution in [0.3, 0.4) is 0 Å². The van der Waals surface area contributed by atoms with Crippen LogP contribution in [0.2, 0.25) is 5.02 Å². The molecule has 2 aromatic rings. The zero-order chi connectivity index (χ0) is 20.7. The third-order valence-electron chi connectivity index (χ3n) is 4.20. The number of anilines is 1. The SMILES string of the molecule is CCN(CC)CCNC(=O)c1ccc(Cl)c(NS(=O)(=O)c2ccc(F)cc2)c1. The molecule has 0 atom stereocenters. The fourth-order valence-electron chi connectivity index (χ4n) is 2.53. The number of hydrogen-bond acceptors (Lipinski definition) is 4. The fraction of sp³-hybridized carbons (Fsp3) is 0.316. The fourth-order valence-corrected chi connectivity index (χ4v) is 3.82. The minimum atomic E-state index is -3.97. The van der Waals surface area contributed by atoms with Crippen LogP contribution in [0.5, 0.6) is 0 Å². The smallest absolute Gasteiger partial charge is 0.261 e. The summed E-state index contributed by atoms with van der Waals surface area (Å²) in [5.74, 6) is -0.869. The van der Waals surface area contributed by atoms with Gasteiger partial charge in [-0.2, -0.15) is 0 Å². The van der Waals surface area contributed by atoms with Crippen molar-refractivity contribution < 1.29 is 17.6 Å². The van der Waals surface area contributed by atoms with Crippen molar-refractivity contribution in [1.82, 2.24) is 10.2 Å². The van der Waals surface area contributed by atoms with E-state index in [4.69, 9.17) is 11.6 Å². The Labute approximate surface area is 169 Å². The van der Waals surface area contributed by atoms with Crippen molar-refractivity contribution in [3.63, 3.8) is 0 Å². The van der Waals surface area contributed by atoms with E-state index >= 15 is 0 Å². The van der Waals surface area contributed by atoms with Gasteiger partial charge in [-0.05, 0) is 55.6 Å². The van der Waals surface area contributed by atoms with Gasteiger partial charge < -0.3 is 10.2 Å². The number of carbonyl (C=O) groups is 1. The Hall–Kier alpha value is -2.16. The highest BCUT2D eigenvalue weighted by Gasteiger charge is 2.17. The molecular weight excluding hydrogens is 405 g/mol. The predicted molar refractivity (Wildman–Crippen MR) is 109 cm³/mol. The van der Waals surface area contributed by atoms with Crippen molar-refractivity contribution in [3.8, 4) is 0 Å². The molecule has 9 heteroatoms. The lowest BCUT2D eigenvalue weighted by molar-refractivity contribution is 0.0949. The zero-order valence-electron chi connectivity index (χ0n) is 15.7. The number of hydrogen-bond donors (Lipinski definition) is 2. The largest absolute Gasteiger partial charge is 0.351 e. The number of nitrogens with one attached hydrogen (secondary N) is 2. The van der Waals surface area contributed by atoms with Crippen molar-refractivity contribution in [2.24, 2.45) is 0 Å². The molecule has 0 bridgehead atoms. The normalized spacial score (nSPS) is 11.5. The summed E-state index contributed by atoms with van der Waals surface area (Å²) in [6, 6.07) is 8.74. The first-order chi connectivity index (χ1) is 13.3. The van der Waals surface area contributed by atoms with Crippen molar-refractivity contribution in [2.75, 3.05) is 30.9 Å². The molecule has 0 aromatic heterocycles. The lowest BCUT2D eigenvalue weighted by Crippen LogP contribution is -2.34. The van der Waals surface area contributed by atoms with Crippen LogP contribution >= 0.6 is 11.6 Å². The van der Waals surface area contributed by atoms with Gasteiger partial charge >= 0.3 is 0 Å². The average Bonchev–Trinajstić information content (AvgIpc) is 2.67. The Morgan fingerprint density at radius 2 is 1.75 bits per heavy atom. The predicted octanol–water partition coefficient (Wildman–Crippen LogP) is 3.35. The summed E-state index contributed by atoms with van der Waals surface area (Å²) >= 11 is 6.08. The van der Waals surface area contributed by atoms with Crippen molar-refractivity contribution >= 4 is 33.2 Å². The monoisotopic (exact) mass is 427 g/mol. The number of nitrogens with zero attached hydrogens (tertiary/aromatic N) is 1. The molecule has 0 radical (unpaired) electrons. The van der Waals surface area contributed by atoms with E-state index in [1.54, 1.807) is 0 Å². The first-order valence-corrected chi connectivity index (χ1v) is 10.7. The molecule has 28 heavy (non-hydrogen) atoms. The van der Waals surface area contributed by atoms with Crippen LogP contribution in [-0.4, -0.2) is 45.4 Å². The van der Waals surface area contributed by atoms with Crippen LogP contribution in [-0.2, 0) is 10.0 Å². The summed E-state index contributed by atoms with van der Waals surface area (Å²) in [6.45, 7) is 7.06. The average molecular weight is 428 g/mol. The molecule has 0 unspecified atom stereocenters. The molecule has 2 N–H and O–H groups in total. The summed E-state index contributed by atoms with van der Waals surface area (Å²) in [6.07, 6.45) is 0. The lowest BCUT2D eigenvalue weighted by atomic mass is 10.2. The first-order valence-electron chi connectivity index (χ1n) is 8.85. The van der Waals surface area contributed by atoms with Gasteiger partial charge in [0.1, 0.15) is 5.82 Å². The zero-order valence-corrected chi connectivity index (χ0v) is 17.3. The second-order valence-corrected chi connectivity index (χ2v) is 8.13. The van der Waals surface area contributed by atoms with Crippen LogP contribution < -0.4 is 10.0 Å². The highest BCUT2D eigenvalue weighted by Crippen LogP contribution is 2.26. The molecule has 0 saturated heterocycles. The van der Waals surface area contributed by atoms with Gasteiger partial charge in [-0.1, -0.05) is 25.4 Å². The summed E-state index contributed by atoms with van der Waals surface area (Å²) in [5, 5.41) is 2.95. The van der Waals surface area contributed by atoms with E-state index in [-0.39, 0.29) is 27.1 Å². The van der Waals surface area contributed by atoms with Gasteiger partial charge in [0.05, 0.1) is 15.6 Å². The molecule has 2 rings (SSSR count). The Kier molecular flexibility index (Phi) is 7.79. The van der Waals surface area contributed by atoms with Gasteiger partial charge in [0.2, 0.25) is 0 Å². The van der Waals surface area contributed by atoms with Crippen LogP contribution in [0, 0.1) is 5.82 Å². The maximum atomic E-state index is 13.0. The number of sulfonamides is 1. The molecule has 1 amide bonds. The van der Waals surface area contributed by atoms with Gasteiger partial charge in [-0.3, -0.25) is 9.52 Å². The van der Waals surface area contributed by atoms with Crippen molar-refractivity contribution in [1.29, 1.82) is 0 Å². The van der Waals surface area contributed by atoms with Crippen LogP contribution in [0.15, 0.2) is 47.4 Å². The number of halogens is 2. The molecule has 2 aromatic carbocycles. The molecule has 6 nitrogen and oxygen atoms in total. The summed E-state index contributed by atoms with van der Waals surface area (Å²) in [7, 11) is -3.97. The second-order valence-electron chi connectivity index (χ2n) is 6.04. The first kappa shape index (κ1) is 22.1. The molecular formula is C19H23ClFN3O3S. The molecule has 0 aliphatic heterocycles. The third kappa shape index (κ3) is 5.92. The maximum absolute atomic E-state index is 13.0. The highest BCUT2D eigenvalue weighted by atomic mass is 35.5. The van der Waals surface area contributed by atoms with E-state index in [9.17, 15) is 17.6 Å². The molecule has 0 aliphatic rings. The minimum Gasteiger partial charge on any atom is -0.351 e.